The minimum atomic E-state index is -0.748. The fourth-order valence-corrected chi connectivity index (χ4v) is 4.11. The van der Waals surface area contributed by atoms with E-state index in [9.17, 15) is 22.8 Å². The van der Waals surface area contributed by atoms with Crippen molar-refractivity contribution in [2.75, 3.05) is 6.54 Å². The van der Waals surface area contributed by atoms with Crippen molar-refractivity contribution in [3.8, 4) is 11.3 Å². The molecule has 1 aromatic heterocycles. The number of rotatable bonds is 7. The molecule has 2 heterocycles. The number of aromatic amines is 1. The first-order chi connectivity index (χ1) is 14.9. The molecule has 0 radical (unpaired) electrons. The zero-order valence-corrected chi connectivity index (χ0v) is 16.8. The lowest BCUT2D eigenvalue weighted by Crippen LogP contribution is -2.39. The summed E-state index contributed by atoms with van der Waals surface area (Å²) in [6.45, 7) is 2.14. The first kappa shape index (κ1) is 21.1. The van der Waals surface area contributed by atoms with E-state index in [1.54, 1.807) is 0 Å². The van der Waals surface area contributed by atoms with Crippen molar-refractivity contribution >= 4 is 23.1 Å². The Morgan fingerprint density at radius 3 is 2.55 bits per heavy atom. The summed E-state index contributed by atoms with van der Waals surface area (Å²) in [7, 11) is 0. The molecule has 0 spiro atoms. The van der Waals surface area contributed by atoms with Crippen LogP contribution in [0.25, 0.3) is 22.2 Å². The summed E-state index contributed by atoms with van der Waals surface area (Å²) in [6, 6.07) is 7.32. The van der Waals surface area contributed by atoms with Gasteiger partial charge in [0.25, 0.3) is 0 Å². The van der Waals surface area contributed by atoms with E-state index in [4.69, 9.17) is 0 Å². The van der Waals surface area contributed by atoms with E-state index in [0.717, 1.165) is 12.4 Å². The second-order valence-corrected chi connectivity index (χ2v) is 8.00. The lowest BCUT2D eigenvalue weighted by atomic mass is 9.95. The summed E-state index contributed by atoms with van der Waals surface area (Å²) in [5, 5.41) is 6.26. The number of benzene rings is 2. The van der Waals surface area contributed by atoms with Gasteiger partial charge in [-0.1, -0.05) is 0 Å². The van der Waals surface area contributed by atoms with Gasteiger partial charge in [-0.2, -0.15) is 0 Å². The second kappa shape index (κ2) is 8.55. The van der Waals surface area contributed by atoms with Gasteiger partial charge < -0.3 is 20.4 Å². The largest absolute Gasteiger partial charge is 0.352 e. The molecule has 2 aromatic carbocycles. The zero-order valence-electron chi connectivity index (χ0n) is 16.8. The van der Waals surface area contributed by atoms with Gasteiger partial charge in [0.05, 0.1) is 11.6 Å². The Kier molecular flexibility index (Phi) is 5.82. The van der Waals surface area contributed by atoms with E-state index >= 15 is 0 Å². The highest BCUT2D eigenvalue weighted by molar-refractivity contribution is 5.91. The maximum Gasteiger partial charge on any atom is 0.237 e. The van der Waals surface area contributed by atoms with Gasteiger partial charge in [-0.05, 0) is 61.2 Å². The van der Waals surface area contributed by atoms with Gasteiger partial charge in [-0.3, -0.25) is 4.79 Å². The predicted molar refractivity (Wildman–Crippen MR) is 111 cm³/mol. The van der Waals surface area contributed by atoms with E-state index in [-0.39, 0.29) is 36.5 Å². The first-order valence-electron chi connectivity index (χ1n) is 10.1. The highest BCUT2D eigenvalue weighted by Crippen LogP contribution is 2.34. The summed E-state index contributed by atoms with van der Waals surface area (Å²) < 4.78 is 41.8. The molecule has 1 fully saturated rings. The summed E-state index contributed by atoms with van der Waals surface area (Å²) in [5.41, 5.74) is 1.77. The van der Waals surface area contributed by atoms with E-state index in [2.05, 4.69) is 15.6 Å². The molecule has 0 aliphatic carbocycles. The average molecular weight is 429 g/mol. The van der Waals surface area contributed by atoms with Crippen LogP contribution in [0, 0.1) is 23.4 Å². The number of fused-ring (bicyclic) bond motifs is 1. The maximum atomic E-state index is 14.4. The molecule has 3 atom stereocenters. The number of halogens is 3. The molecule has 4 rings (SSSR count). The lowest BCUT2D eigenvalue weighted by Gasteiger charge is -2.15. The normalized spacial score (nSPS) is 19.5. The molecule has 5 nitrogen and oxygen atoms in total. The fraction of sp³-hybridized carbons (Fsp3) is 0.304. The molecule has 1 amide bonds. The van der Waals surface area contributed by atoms with E-state index in [1.807, 2.05) is 6.92 Å². The van der Waals surface area contributed by atoms with Crippen LogP contribution in [0.15, 0.2) is 36.4 Å². The van der Waals surface area contributed by atoms with Crippen LogP contribution in [0.3, 0.4) is 0 Å². The van der Waals surface area contributed by atoms with Crippen LogP contribution in [0.4, 0.5) is 13.2 Å². The molecule has 31 heavy (non-hydrogen) atoms. The quantitative estimate of drug-likeness (QED) is 0.504. The van der Waals surface area contributed by atoms with Gasteiger partial charge >= 0.3 is 0 Å². The van der Waals surface area contributed by atoms with Crippen LogP contribution in [0.1, 0.15) is 18.9 Å². The Labute approximate surface area is 177 Å². The highest BCUT2D eigenvalue weighted by Gasteiger charge is 2.29. The Morgan fingerprint density at radius 2 is 1.90 bits per heavy atom. The molecule has 2 unspecified atom stereocenters. The Balaban J connectivity index is 1.67. The fourth-order valence-electron chi connectivity index (χ4n) is 4.11. The minimum absolute atomic E-state index is 0.0596. The van der Waals surface area contributed by atoms with Crippen LogP contribution in [-0.4, -0.2) is 35.8 Å². The van der Waals surface area contributed by atoms with Crippen molar-refractivity contribution in [2.24, 2.45) is 5.92 Å². The van der Waals surface area contributed by atoms with Gasteiger partial charge in [-0.15, -0.1) is 0 Å². The molecule has 0 saturated carbocycles. The van der Waals surface area contributed by atoms with E-state index in [1.165, 1.54) is 30.3 Å². The van der Waals surface area contributed by atoms with Crippen molar-refractivity contribution in [1.82, 2.24) is 15.6 Å². The second-order valence-electron chi connectivity index (χ2n) is 8.00. The van der Waals surface area contributed by atoms with E-state index < -0.39 is 23.4 Å². The number of carbonyl (C=O) groups excluding carboxylic acids is 2. The van der Waals surface area contributed by atoms with Crippen molar-refractivity contribution < 1.29 is 22.8 Å². The number of aromatic nitrogens is 1. The Hall–Kier alpha value is -3.13. The van der Waals surface area contributed by atoms with Crippen LogP contribution in [0.5, 0.6) is 0 Å². The average Bonchev–Trinajstić information content (AvgIpc) is 3.25. The van der Waals surface area contributed by atoms with Crippen molar-refractivity contribution in [3.05, 3.63) is 59.4 Å². The van der Waals surface area contributed by atoms with Gasteiger partial charge in [0.1, 0.15) is 23.7 Å². The molecule has 1 saturated heterocycles. The SMILES string of the molecule is CC1C[C@H](NCC(C=O)Cc2c(-c3ccc(F)cc3)[nH]c3c(F)cc(F)cc23)C(=O)N1. The number of carbonyl (C=O) groups is 2. The topological polar surface area (TPSA) is 74.0 Å². The summed E-state index contributed by atoms with van der Waals surface area (Å²) in [5.74, 6) is -2.54. The van der Waals surface area contributed by atoms with Crippen LogP contribution in [-0.2, 0) is 16.0 Å². The summed E-state index contributed by atoms with van der Waals surface area (Å²) in [6.07, 6.45) is 1.58. The van der Waals surface area contributed by atoms with E-state index in [0.29, 0.717) is 28.6 Å². The standard InChI is InChI=1S/C23H22F3N3O2/c1-12-6-20(23(31)28-12)27-10-13(11-30)7-17-18-8-16(25)9-19(26)22(18)29-21(17)14-2-4-15(24)5-3-14/h2-5,8-9,11-13,20,27,29H,6-7,10H2,1H3,(H,28,31)/t12?,13?,20-/m0/s1. The zero-order chi connectivity index (χ0) is 22.1. The number of H-pyrrole nitrogens is 1. The van der Waals surface area contributed by atoms with Crippen molar-refractivity contribution in [3.63, 3.8) is 0 Å². The van der Waals surface area contributed by atoms with Crippen LogP contribution < -0.4 is 10.6 Å². The Bertz CT molecular complexity index is 1130. The van der Waals surface area contributed by atoms with Gasteiger partial charge in [0.15, 0.2) is 0 Å². The molecule has 1 aliphatic heterocycles. The number of aldehydes is 1. The highest BCUT2D eigenvalue weighted by atomic mass is 19.1. The monoisotopic (exact) mass is 429 g/mol. The maximum absolute atomic E-state index is 14.4. The predicted octanol–water partition coefficient (Wildman–Crippen LogP) is 3.48. The summed E-state index contributed by atoms with van der Waals surface area (Å²) >= 11 is 0. The van der Waals surface area contributed by atoms with Crippen LogP contribution in [0.2, 0.25) is 0 Å². The number of hydrogen-bond acceptors (Lipinski definition) is 3. The smallest absolute Gasteiger partial charge is 0.237 e. The van der Waals surface area contributed by atoms with Crippen molar-refractivity contribution in [2.45, 2.75) is 31.8 Å². The third-order valence-electron chi connectivity index (χ3n) is 5.64. The van der Waals surface area contributed by atoms with Gasteiger partial charge in [0.2, 0.25) is 5.91 Å². The summed E-state index contributed by atoms with van der Waals surface area (Å²) in [4.78, 5) is 26.7. The minimum Gasteiger partial charge on any atom is -0.352 e. The number of amides is 1. The molecular weight excluding hydrogens is 407 g/mol. The van der Waals surface area contributed by atoms with Gasteiger partial charge in [-0.25, -0.2) is 13.2 Å². The molecule has 3 aromatic rings. The molecule has 1 aliphatic rings. The molecule has 8 heteroatoms. The number of nitrogens with one attached hydrogen (secondary N) is 3. The van der Waals surface area contributed by atoms with Crippen molar-refractivity contribution in [1.29, 1.82) is 0 Å². The van der Waals surface area contributed by atoms with Gasteiger partial charge in [0, 0.05) is 35.7 Å². The molecule has 0 bridgehead atoms. The number of hydrogen-bond donors (Lipinski definition) is 3. The molecule has 3 N–H and O–H groups in total. The van der Waals surface area contributed by atoms with Crippen LogP contribution >= 0.6 is 0 Å². The lowest BCUT2D eigenvalue weighted by molar-refractivity contribution is -0.121. The first-order valence-corrected chi connectivity index (χ1v) is 10.1. The Morgan fingerprint density at radius 1 is 1.16 bits per heavy atom. The molecule has 162 valence electrons. The third kappa shape index (κ3) is 4.34. The molecular formula is C23H22F3N3O2. The third-order valence-corrected chi connectivity index (χ3v) is 5.64.